The molecule has 70 valence electrons. The van der Waals surface area contributed by atoms with Gasteiger partial charge in [0.05, 0.1) is 0 Å². The van der Waals surface area contributed by atoms with Crippen molar-refractivity contribution in [2.75, 3.05) is 13.1 Å². The van der Waals surface area contributed by atoms with Crippen molar-refractivity contribution >= 4 is 15.9 Å². The molecule has 1 aliphatic rings. The summed E-state index contributed by atoms with van der Waals surface area (Å²) in [5.74, 6) is 0. The van der Waals surface area contributed by atoms with E-state index in [1.54, 1.807) is 0 Å². The highest BCUT2D eigenvalue weighted by atomic mass is 79.9. The Bertz CT molecular complexity index is 303. The van der Waals surface area contributed by atoms with Gasteiger partial charge in [-0.15, -0.1) is 0 Å². The van der Waals surface area contributed by atoms with Crippen LogP contribution in [0.1, 0.15) is 18.9 Å². The molecule has 0 radical (unpaired) electrons. The fraction of sp³-hybridized carbons (Fsp3) is 0.455. The average Bonchev–Trinajstić information content (AvgIpc) is 2.54. The molecule has 0 bridgehead atoms. The van der Waals surface area contributed by atoms with Crippen LogP contribution in [0.3, 0.4) is 0 Å². The fourth-order valence-corrected chi connectivity index (χ4v) is 2.76. The van der Waals surface area contributed by atoms with Crippen LogP contribution in [0, 0.1) is 0 Å². The third kappa shape index (κ3) is 1.65. The molecule has 1 N–H and O–H groups in total. The summed E-state index contributed by atoms with van der Waals surface area (Å²) in [6.07, 6.45) is 1.23. The molecule has 1 heterocycles. The molecule has 13 heavy (non-hydrogen) atoms. The van der Waals surface area contributed by atoms with Gasteiger partial charge in [-0.2, -0.15) is 0 Å². The molecule has 0 amide bonds. The van der Waals surface area contributed by atoms with Crippen LogP contribution in [-0.4, -0.2) is 13.1 Å². The van der Waals surface area contributed by atoms with Gasteiger partial charge in [0.25, 0.3) is 0 Å². The van der Waals surface area contributed by atoms with E-state index < -0.39 is 0 Å². The number of hydrogen-bond acceptors (Lipinski definition) is 1. The summed E-state index contributed by atoms with van der Waals surface area (Å²) >= 11 is 3.61. The molecule has 2 heteroatoms. The molecule has 1 nitrogen and oxygen atoms in total. The molecular formula is C11H14BrN. The largest absolute Gasteiger partial charge is 0.316 e. The Morgan fingerprint density at radius 3 is 2.77 bits per heavy atom. The van der Waals surface area contributed by atoms with Gasteiger partial charge >= 0.3 is 0 Å². The minimum Gasteiger partial charge on any atom is -0.316 e. The van der Waals surface area contributed by atoms with E-state index in [4.69, 9.17) is 0 Å². The predicted molar refractivity (Wildman–Crippen MR) is 59.0 cm³/mol. The quantitative estimate of drug-likeness (QED) is 0.795. The summed E-state index contributed by atoms with van der Waals surface area (Å²) in [6.45, 7) is 4.56. The minimum absolute atomic E-state index is 0.320. The summed E-state index contributed by atoms with van der Waals surface area (Å²) < 4.78 is 1.24. The molecule has 0 spiro atoms. The second kappa shape index (κ2) is 3.43. The van der Waals surface area contributed by atoms with Crippen molar-refractivity contribution in [1.29, 1.82) is 0 Å². The molecule has 1 aromatic rings. The highest BCUT2D eigenvalue weighted by Gasteiger charge is 2.31. The molecule has 1 saturated heterocycles. The van der Waals surface area contributed by atoms with Gasteiger partial charge in [0, 0.05) is 16.4 Å². The van der Waals surface area contributed by atoms with Gasteiger partial charge in [-0.3, -0.25) is 0 Å². The van der Waals surface area contributed by atoms with Crippen LogP contribution >= 0.6 is 15.9 Å². The maximum absolute atomic E-state index is 3.61. The smallest absolute Gasteiger partial charge is 0.0213 e. The Morgan fingerprint density at radius 2 is 2.15 bits per heavy atom. The van der Waals surface area contributed by atoms with E-state index >= 15 is 0 Å². The van der Waals surface area contributed by atoms with Crippen LogP contribution in [0.4, 0.5) is 0 Å². The van der Waals surface area contributed by atoms with Crippen LogP contribution in [0.2, 0.25) is 0 Å². The zero-order chi connectivity index (χ0) is 9.31. The van der Waals surface area contributed by atoms with Crippen LogP contribution in [0.5, 0.6) is 0 Å². The van der Waals surface area contributed by atoms with E-state index in [9.17, 15) is 0 Å². The molecular weight excluding hydrogens is 226 g/mol. The summed E-state index contributed by atoms with van der Waals surface area (Å²) in [6, 6.07) is 8.53. The molecule has 0 saturated carbocycles. The number of hydrogen-bond donors (Lipinski definition) is 1. The van der Waals surface area contributed by atoms with Gasteiger partial charge < -0.3 is 5.32 Å². The third-order valence-electron chi connectivity index (χ3n) is 2.89. The summed E-state index contributed by atoms with van der Waals surface area (Å²) in [5.41, 5.74) is 1.75. The van der Waals surface area contributed by atoms with Gasteiger partial charge in [-0.1, -0.05) is 41.1 Å². The van der Waals surface area contributed by atoms with Crippen molar-refractivity contribution in [1.82, 2.24) is 5.32 Å². The van der Waals surface area contributed by atoms with Crippen LogP contribution in [0.15, 0.2) is 28.7 Å². The van der Waals surface area contributed by atoms with E-state index in [1.807, 2.05) is 0 Å². The predicted octanol–water partition coefficient (Wildman–Crippen LogP) is 2.70. The monoisotopic (exact) mass is 239 g/mol. The van der Waals surface area contributed by atoms with E-state index in [1.165, 1.54) is 16.5 Å². The van der Waals surface area contributed by atoms with E-state index in [-0.39, 0.29) is 0 Å². The summed E-state index contributed by atoms with van der Waals surface area (Å²) in [4.78, 5) is 0. The van der Waals surface area contributed by atoms with Crippen molar-refractivity contribution in [2.45, 2.75) is 18.8 Å². The Labute approximate surface area is 87.7 Å². The maximum atomic E-state index is 3.61. The average molecular weight is 240 g/mol. The first kappa shape index (κ1) is 9.22. The van der Waals surface area contributed by atoms with Gasteiger partial charge in [0.1, 0.15) is 0 Å². The molecule has 0 aliphatic carbocycles. The van der Waals surface area contributed by atoms with Crippen LogP contribution in [-0.2, 0) is 5.41 Å². The van der Waals surface area contributed by atoms with Crippen LogP contribution < -0.4 is 5.32 Å². The number of halogens is 1. The number of rotatable bonds is 1. The SMILES string of the molecule is CC1(c2ccccc2Br)CCNC1. The van der Waals surface area contributed by atoms with E-state index in [0.29, 0.717) is 5.41 Å². The van der Waals surface area contributed by atoms with E-state index in [0.717, 1.165) is 13.1 Å². The molecule has 1 aromatic carbocycles. The zero-order valence-corrected chi connectivity index (χ0v) is 9.39. The van der Waals surface area contributed by atoms with Gasteiger partial charge in [0.2, 0.25) is 0 Å². The zero-order valence-electron chi connectivity index (χ0n) is 7.81. The summed E-state index contributed by atoms with van der Waals surface area (Å²) in [7, 11) is 0. The Kier molecular flexibility index (Phi) is 2.43. The molecule has 1 atom stereocenters. The summed E-state index contributed by atoms with van der Waals surface area (Å²) in [5, 5.41) is 3.42. The normalized spacial score (nSPS) is 27.8. The number of nitrogens with one attached hydrogen (secondary N) is 1. The van der Waals surface area contributed by atoms with Gasteiger partial charge in [-0.25, -0.2) is 0 Å². The molecule has 1 aliphatic heterocycles. The first-order chi connectivity index (χ1) is 6.22. The van der Waals surface area contributed by atoms with Crippen molar-refractivity contribution in [2.24, 2.45) is 0 Å². The lowest BCUT2D eigenvalue weighted by molar-refractivity contribution is 0.522. The molecule has 2 rings (SSSR count). The molecule has 1 unspecified atom stereocenters. The molecule has 1 fully saturated rings. The van der Waals surface area contributed by atoms with Crippen molar-refractivity contribution in [3.8, 4) is 0 Å². The fourth-order valence-electron chi connectivity index (χ4n) is 2.00. The lowest BCUT2D eigenvalue weighted by atomic mass is 9.82. The van der Waals surface area contributed by atoms with E-state index in [2.05, 4.69) is 52.4 Å². The maximum Gasteiger partial charge on any atom is 0.0213 e. The van der Waals surface area contributed by atoms with Gasteiger partial charge in [0.15, 0.2) is 0 Å². The standard InChI is InChI=1S/C11H14BrN/c1-11(6-7-13-8-11)9-4-2-3-5-10(9)12/h2-5,13H,6-8H2,1H3. The lowest BCUT2D eigenvalue weighted by Gasteiger charge is -2.24. The number of benzene rings is 1. The van der Waals surface area contributed by atoms with Crippen molar-refractivity contribution in [3.05, 3.63) is 34.3 Å². The Balaban J connectivity index is 2.39. The third-order valence-corrected chi connectivity index (χ3v) is 3.58. The van der Waals surface area contributed by atoms with Crippen LogP contribution in [0.25, 0.3) is 0 Å². The highest BCUT2D eigenvalue weighted by Crippen LogP contribution is 2.34. The first-order valence-corrected chi connectivity index (χ1v) is 5.47. The van der Waals surface area contributed by atoms with Gasteiger partial charge in [-0.05, 0) is 24.6 Å². The second-order valence-corrected chi connectivity index (χ2v) is 4.82. The second-order valence-electron chi connectivity index (χ2n) is 3.97. The van der Waals surface area contributed by atoms with Crippen molar-refractivity contribution < 1.29 is 0 Å². The Morgan fingerprint density at radius 1 is 1.38 bits per heavy atom. The lowest BCUT2D eigenvalue weighted by Crippen LogP contribution is -2.25. The Hall–Kier alpha value is -0.340. The molecule has 0 aromatic heterocycles. The van der Waals surface area contributed by atoms with Crippen molar-refractivity contribution in [3.63, 3.8) is 0 Å². The topological polar surface area (TPSA) is 12.0 Å². The first-order valence-electron chi connectivity index (χ1n) is 4.68. The minimum atomic E-state index is 0.320. The highest BCUT2D eigenvalue weighted by molar-refractivity contribution is 9.10.